The van der Waals surface area contributed by atoms with Gasteiger partial charge in [0, 0.05) is 6.54 Å². The molecule has 0 bridgehead atoms. The molecule has 18 heavy (non-hydrogen) atoms. The Kier molecular flexibility index (Phi) is 6.78. The first-order valence-electron chi connectivity index (χ1n) is 7.45. The number of rotatable bonds is 8. The van der Waals surface area contributed by atoms with Gasteiger partial charge in [-0.05, 0) is 19.3 Å². The molecule has 0 spiro atoms. The van der Waals surface area contributed by atoms with Crippen molar-refractivity contribution < 1.29 is 4.79 Å². The molecule has 1 aliphatic carbocycles. The lowest BCUT2D eigenvalue weighted by Gasteiger charge is -2.19. The summed E-state index contributed by atoms with van der Waals surface area (Å²) in [4.78, 5) is 12.0. The minimum absolute atomic E-state index is 0.0314. The van der Waals surface area contributed by atoms with Crippen LogP contribution in [-0.2, 0) is 4.79 Å². The van der Waals surface area contributed by atoms with Gasteiger partial charge in [0.1, 0.15) is 5.41 Å². The van der Waals surface area contributed by atoms with Crippen molar-refractivity contribution in [2.75, 3.05) is 6.54 Å². The second-order valence-corrected chi connectivity index (χ2v) is 5.42. The fourth-order valence-corrected chi connectivity index (χ4v) is 2.64. The van der Waals surface area contributed by atoms with E-state index in [2.05, 4.69) is 18.3 Å². The molecule has 0 heterocycles. The van der Waals surface area contributed by atoms with Gasteiger partial charge < -0.3 is 5.32 Å². The highest BCUT2D eigenvalue weighted by Gasteiger charge is 2.41. The van der Waals surface area contributed by atoms with E-state index >= 15 is 0 Å². The Labute approximate surface area is 111 Å². The summed E-state index contributed by atoms with van der Waals surface area (Å²) in [7, 11) is 0. The fourth-order valence-electron chi connectivity index (χ4n) is 2.64. The first-order chi connectivity index (χ1) is 8.75. The molecule has 1 N–H and O–H groups in total. The van der Waals surface area contributed by atoms with E-state index in [1.165, 1.54) is 32.1 Å². The first kappa shape index (κ1) is 15.0. The lowest BCUT2D eigenvalue weighted by Crippen LogP contribution is -2.38. The average molecular weight is 250 g/mol. The van der Waals surface area contributed by atoms with E-state index in [9.17, 15) is 10.1 Å². The molecule has 3 nitrogen and oxygen atoms in total. The molecular formula is C15H26N2O. The average Bonchev–Trinajstić information content (AvgIpc) is 2.87. The van der Waals surface area contributed by atoms with Crippen LogP contribution in [0.1, 0.15) is 71.1 Å². The number of hydrogen-bond donors (Lipinski definition) is 1. The summed E-state index contributed by atoms with van der Waals surface area (Å²) in [5, 5.41) is 12.1. The molecule has 1 aliphatic rings. The minimum Gasteiger partial charge on any atom is -0.355 e. The Hall–Kier alpha value is -1.04. The SMILES string of the molecule is CCCCCCCCNC(=O)C1(C#N)CCCC1. The highest BCUT2D eigenvalue weighted by Crippen LogP contribution is 2.37. The number of nitrogens with zero attached hydrogens (tertiary/aromatic N) is 1. The van der Waals surface area contributed by atoms with Gasteiger partial charge in [-0.15, -0.1) is 0 Å². The maximum Gasteiger partial charge on any atom is 0.240 e. The molecule has 102 valence electrons. The third kappa shape index (κ3) is 4.33. The van der Waals surface area contributed by atoms with Crippen LogP contribution in [0.15, 0.2) is 0 Å². The molecule has 1 fully saturated rings. The number of unbranched alkanes of at least 4 members (excludes halogenated alkanes) is 5. The number of carbonyl (C=O) groups is 1. The number of carbonyl (C=O) groups excluding carboxylic acids is 1. The van der Waals surface area contributed by atoms with Crippen LogP contribution in [-0.4, -0.2) is 12.5 Å². The third-order valence-corrected chi connectivity index (χ3v) is 3.92. The van der Waals surface area contributed by atoms with E-state index in [1.807, 2.05) is 0 Å². The van der Waals surface area contributed by atoms with Crippen molar-refractivity contribution in [1.29, 1.82) is 5.26 Å². The number of amides is 1. The molecule has 1 amide bonds. The lowest BCUT2D eigenvalue weighted by molar-refractivity contribution is -0.127. The van der Waals surface area contributed by atoms with Gasteiger partial charge in [0.15, 0.2) is 0 Å². The predicted molar refractivity (Wildman–Crippen MR) is 72.9 cm³/mol. The summed E-state index contributed by atoms with van der Waals surface area (Å²) in [5.41, 5.74) is -0.706. The molecule has 0 aromatic rings. The molecule has 1 saturated carbocycles. The first-order valence-corrected chi connectivity index (χ1v) is 7.45. The van der Waals surface area contributed by atoms with E-state index in [1.54, 1.807) is 0 Å². The number of nitrogens with one attached hydrogen (secondary N) is 1. The smallest absolute Gasteiger partial charge is 0.240 e. The zero-order chi connectivity index (χ0) is 13.3. The van der Waals surface area contributed by atoms with Crippen LogP contribution in [0.5, 0.6) is 0 Å². The highest BCUT2D eigenvalue weighted by atomic mass is 16.2. The van der Waals surface area contributed by atoms with Crippen LogP contribution in [0.25, 0.3) is 0 Å². The second-order valence-electron chi connectivity index (χ2n) is 5.42. The van der Waals surface area contributed by atoms with Crippen molar-refractivity contribution >= 4 is 5.91 Å². The van der Waals surface area contributed by atoms with Crippen molar-refractivity contribution in [3.63, 3.8) is 0 Å². The molecule has 0 unspecified atom stereocenters. The zero-order valence-corrected chi connectivity index (χ0v) is 11.6. The van der Waals surface area contributed by atoms with E-state index in [0.29, 0.717) is 0 Å². The summed E-state index contributed by atoms with van der Waals surface area (Å²) in [6.07, 6.45) is 10.9. The van der Waals surface area contributed by atoms with Crippen molar-refractivity contribution in [3.8, 4) is 6.07 Å². The maximum absolute atomic E-state index is 12.0. The van der Waals surface area contributed by atoms with E-state index < -0.39 is 5.41 Å². The topological polar surface area (TPSA) is 52.9 Å². The number of hydrogen-bond acceptors (Lipinski definition) is 2. The van der Waals surface area contributed by atoms with Crippen molar-refractivity contribution in [2.45, 2.75) is 71.1 Å². The monoisotopic (exact) mass is 250 g/mol. The van der Waals surface area contributed by atoms with E-state index in [4.69, 9.17) is 0 Å². The highest BCUT2D eigenvalue weighted by molar-refractivity contribution is 5.85. The minimum atomic E-state index is -0.706. The normalized spacial score (nSPS) is 17.3. The van der Waals surface area contributed by atoms with Gasteiger partial charge in [-0.25, -0.2) is 0 Å². The molecule has 1 rings (SSSR count). The Morgan fingerprint density at radius 3 is 2.39 bits per heavy atom. The molecule has 0 aromatic heterocycles. The zero-order valence-electron chi connectivity index (χ0n) is 11.6. The Morgan fingerprint density at radius 1 is 1.17 bits per heavy atom. The molecule has 0 radical (unpaired) electrons. The van der Waals surface area contributed by atoms with Crippen LogP contribution < -0.4 is 5.32 Å². The standard InChI is InChI=1S/C15H26N2O/c1-2-3-4-5-6-9-12-17-14(18)15(13-16)10-7-8-11-15/h2-12H2,1H3,(H,17,18). The van der Waals surface area contributed by atoms with Gasteiger partial charge in [-0.1, -0.05) is 51.9 Å². The van der Waals surface area contributed by atoms with Crippen molar-refractivity contribution in [1.82, 2.24) is 5.32 Å². The van der Waals surface area contributed by atoms with Gasteiger partial charge in [-0.2, -0.15) is 5.26 Å². The predicted octanol–water partition coefficient (Wildman–Crippen LogP) is 3.55. The summed E-state index contributed by atoms with van der Waals surface area (Å²) in [6.45, 7) is 2.94. The summed E-state index contributed by atoms with van der Waals surface area (Å²) in [5.74, 6) is -0.0314. The molecular weight excluding hydrogens is 224 g/mol. The quantitative estimate of drug-likeness (QED) is 0.670. The molecule has 0 saturated heterocycles. The molecule has 0 atom stereocenters. The van der Waals surface area contributed by atoms with Gasteiger partial charge in [0.25, 0.3) is 0 Å². The Balaban J connectivity index is 2.12. The van der Waals surface area contributed by atoms with Crippen LogP contribution in [0.2, 0.25) is 0 Å². The Bertz CT molecular complexity index is 287. The second kappa shape index (κ2) is 8.13. The Morgan fingerprint density at radius 2 is 1.78 bits per heavy atom. The van der Waals surface area contributed by atoms with Crippen LogP contribution >= 0.6 is 0 Å². The van der Waals surface area contributed by atoms with Gasteiger partial charge in [-0.3, -0.25) is 4.79 Å². The molecule has 0 aliphatic heterocycles. The van der Waals surface area contributed by atoms with Crippen LogP contribution in [0.4, 0.5) is 0 Å². The third-order valence-electron chi connectivity index (χ3n) is 3.92. The van der Waals surface area contributed by atoms with Gasteiger partial charge in [0.2, 0.25) is 5.91 Å². The van der Waals surface area contributed by atoms with Crippen molar-refractivity contribution in [3.05, 3.63) is 0 Å². The molecule has 0 aromatic carbocycles. The lowest BCUT2D eigenvalue weighted by atomic mass is 9.87. The number of nitriles is 1. The summed E-state index contributed by atoms with van der Waals surface area (Å²) < 4.78 is 0. The summed E-state index contributed by atoms with van der Waals surface area (Å²) in [6, 6.07) is 2.23. The van der Waals surface area contributed by atoms with E-state index in [0.717, 1.165) is 38.6 Å². The van der Waals surface area contributed by atoms with Crippen molar-refractivity contribution in [2.24, 2.45) is 5.41 Å². The molecule has 3 heteroatoms. The van der Waals surface area contributed by atoms with E-state index in [-0.39, 0.29) is 5.91 Å². The van der Waals surface area contributed by atoms with Gasteiger partial charge >= 0.3 is 0 Å². The maximum atomic E-state index is 12.0. The largest absolute Gasteiger partial charge is 0.355 e. The van der Waals surface area contributed by atoms with Crippen LogP contribution in [0, 0.1) is 16.7 Å². The summed E-state index contributed by atoms with van der Waals surface area (Å²) >= 11 is 0. The fraction of sp³-hybridized carbons (Fsp3) is 0.867. The van der Waals surface area contributed by atoms with Gasteiger partial charge in [0.05, 0.1) is 6.07 Å². The van der Waals surface area contributed by atoms with Crippen LogP contribution in [0.3, 0.4) is 0 Å².